The van der Waals surface area contributed by atoms with Crippen molar-refractivity contribution in [1.82, 2.24) is 0 Å². The highest BCUT2D eigenvalue weighted by Crippen LogP contribution is 2.25. The van der Waals surface area contributed by atoms with Crippen LogP contribution in [0.15, 0.2) is 12.1 Å². The second kappa shape index (κ2) is 4.86. The van der Waals surface area contributed by atoms with Crippen LogP contribution in [0.1, 0.15) is 11.1 Å². The molecule has 0 aromatic heterocycles. The highest BCUT2D eigenvalue weighted by molar-refractivity contribution is 5.56. The smallest absolute Gasteiger partial charge is 0.122 e. The first-order chi connectivity index (χ1) is 6.69. The van der Waals surface area contributed by atoms with Crippen LogP contribution in [0.3, 0.4) is 0 Å². The number of hydrogen-bond donors (Lipinski definition) is 2. The van der Waals surface area contributed by atoms with E-state index in [1.165, 1.54) is 5.56 Å². The van der Waals surface area contributed by atoms with Gasteiger partial charge in [0.05, 0.1) is 7.11 Å². The van der Waals surface area contributed by atoms with Crippen LogP contribution in [-0.2, 0) is 0 Å². The van der Waals surface area contributed by atoms with Gasteiger partial charge in [-0.25, -0.2) is 0 Å². The van der Waals surface area contributed by atoms with Gasteiger partial charge in [-0.3, -0.25) is 0 Å². The van der Waals surface area contributed by atoms with Gasteiger partial charge in [-0.05, 0) is 37.1 Å². The fourth-order valence-corrected chi connectivity index (χ4v) is 1.41. The van der Waals surface area contributed by atoms with E-state index in [1.807, 2.05) is 13.0 Å². The molecule has 0 unspecified atom stereocenters. The number of benzene rings is 1. The maximum absolute atomic E-state index is 5.43. The fourth-order valence-electron chi connectivity index (χ4n) is 1.41. The molecule has 3 N–H and O–H groups in total. The van der Waals surface area contributed by atoms with Crippen LogP contribution in [0.4, 0.5) is 5.69 Å². The third kappa shape index (κ3) is 2.39. The van der Waals surface area contributed by atoms with E-state index in [2.05, 4.69) is 18.3 Å². The number of rotatable bonds is 4. The Morgan fingerprint density at radius 3 is 2.57 bits per heavy atom. The number of hydrogen-bond acceptors (Lipinski definition) is 3. The Labute approximate surface area is 85.3 Å². The maximum Gasteiger partial charge on any atom is 0.122 e. The number of nitrogens with two attached hydrogens (primary N) is 1. The minimum atomic E-state index is 0.643. The van der Waals surface area contributed by atoms with Gasteiger partial charge in [-0.1, -0.05) is 0 Å². The molecule has 78 valence electrons. The van der Waals surface area contributed by atoms with Gasteiger partial charge in [0.2, 0.25) is 0 Å². The van der Waals surface area contributed by atoms with E-state index in [9.17, 15) is 0 Å². The zero-order valence-electron chi connectivity index (χ0n) is 9.05. The van der Waals surface area contributed by atoms with Crippen molar-refractivity contribution in [1.29, 1.82) is 0 Å². The van der Waals surface area contributed by atoms with Gasteiger partial charge in [0.15, 0.2) is 0 Å². The Kier molecular flexibility index (Phi) is 3.77. The molecule has 0 heterocycles. The summed E-state index contributed by atoms with van der Waals surface area (Å²) in [5, 5.41) is 3.27. The second-order valence-electron chi connectivity index (χ2n) is 3.35. The monoisotopic (exact) mass is 194 g/mol. The first-order valence-electron chi connectivity index (χ1n) is 4.78. The average Bonchev–Trinajstić information content (AvgIpc) is 2.18. The summed E-state index contributed by atoms with van der Waals surface area (Å²) in [6.45, 7) is 5.53. The Morgan fingerprint density at radius 2 is 2.00 bits per heavy atom. The van der Waals surface area contributed by atoms with Crippen LogP contribution >= 0.6 is 0 Å². The molecular formula is C11H18N2O. The molecule has 0 fully saturated rings. The maximum atomic E-state index is 5.43. The van der Waals surface area contributed by atoms with Crippen molar-refractivity contribution >= 4 is 5.69 Å². The highest BCUT2D eigenvalue weighted by atomic mass is 16.5. The Hall–Kier alpha value is -1.22. The molecule has 0 spiro atoms. The molecular weight excluding hydrogens is 176 g/mol. The lowest BCUT2D eigenvalue weighted by atomic mass is 10.1. The number of nitrogens with one attached hydrogen (secondary N) is 1. The van der Waals surface area contributed by atoms with Gasteiger partial charge in [0.25, 0.3) is 0 Å². The Balaban J connectivity index is 2.90. The van der Waals surface area contributed by atoms with Gasteiger partial charge in [-0.2, -0.15) is 0 Å². The van der Waals surface area contributed by atoms with Crippen molar-refractivity contribution in [3.05, 3.63) is 23.3 Å². The lowest BCUT2D eigenvalue weighted by molar-refractivity contribution is 0.411. The van der Waals surface area contributed by atoms with E-state index in [-0.39, 0.29) is 0 Å². The van der Waals surface area contributed by atoms with Gasteiger partial charge in [-0.15, -0.1) is 0 Å². The van der Waals surface area contributed by atoms with Gasteiger partial charge >= 0.3 is 0 Å². The minimum absolute atomic E-state index is 0.643. The van der Waals surface area contributed by atoms with Crippen molar-refractivity contribution in [2.75, 3.05) is 25.5 Å². The molecule has 0 saturated heterocycles. The minimum Gasteiger partial charge on any atom is -0.496 e. The van der Waals surface area contributed by atoms with Crippen LogP contribution in [0.25, 0.3) is 0 Å². The fraction of sp³-hybridized carbons (Fsp3) is 0.455. The molecule has 1 aromatic rings. The molecule has 0 bridgehead atoms. The van der Waals surface area contributed by atoms with Crippen molar-refractivity contribution in [2.24, 2.45) is 5.73 Å². The van der Waals surface area contributed by atoms with E-state index >= 15 is 0 Å². The van der Waals surface area contributed by atoms with Crippen molar-refractivity contribution in [2.45, 2.75) is 13.8 Å². The lowest BCUT2D eigenvalue weighted by Crippen LogP contribution is -2.13. The summed E-state index contributed by atoms with van der Waals surface area (Å²) >= 11 is 0. The lowest BCUT2D eigenvalue weighted by Gasteiger charge is -2.12. The molecule has 3 nitrogen and oxygen atoms in total. The first-order valence-corrected chi connectivity index (χ1v) is 4.78. The summed E-state index contributed by atoms with van der Waals surface area (Å²) in [5.41, 5.74) is 8.88. The van der Waals surface area contributed by atoms with E-state index < -0.39 is 0 Å². The summed E-state index contributed by atoms with van der Waals surface area (Å²) in [7, 11) is 1.69. The molecule has 0 atom stereocenters. The molecule has 14 heavy (non-hydrogen) atoms. The van der Waals surface area contributed by atoms with Crippen molar-refractivity contribution in [3.63, 3.8) is 0 Å². The molecule has 1 rings (SSSR count). The third-order valence-electron chi connectivity index (χ3n) is 2.20. The molecule has 0 aliphatic heterocycles. The number of anilines is 1. The molecule has 0 aliphatic rings. The van der Waals surface area contributed by atoms with Gasteiger partial charge < -0.3 is 15.8 Å². The quantitative estimate of drug-likeness (QED) is 0.766. The summed E-state index contributed by atoms with van der Waals surface area (Å²) in [4.78, 5) is 0. The van der Waals surface area contributed by atoms with Gasteiger partial charge in [0, 0.05) is 18.8 Å². The van der Waals surface area contributed by atoms with Crippen LogP contribution in [0, 0.1) is 13.8 Å². The summed E-state index contributed by atoms with van der Waals surface area (Å²) in [6, 6.07) is 4.12. The number of aryl methyl sites for hydroxylation is 2. The predicted molar refractivity (Wildman–Crippen MR) is 60.0 cm³/mol. The first kappa shape index (κ1) is 10.9. The second-order valence-corrected chi connectivity index (χ2v) is 3.35. The van der Waals surface area contributed by atoms with Crippen LogP contribution in [0.2, 0.25) is 0 Å². The van der Waals surface area contributed by atoms with Crippen molar-refractivity contribution in [3.8, 4) is 5.75 Å². The molecule has 0 saturated carbocycles. The number of ether oxygens (including phenoxy) is 1. The predicted octanol–water partition coefficient (Wildman–Crippen LogP) is 1.68. The van der Waals surface area contributed by atoms with Crippen LogP contribution < -0.4 is 15.8 Å². The topological polar surface area (TPSA) is 47.3 Å². The largest absolute Gasteiger partial charge is 0.496 e. The summed E-state index contributed by atoms with van der Waals surface area (Å²) in [5.74, 6) is 0.931. The average molecular weight is 194 g/mol. The Morgan fingerprint density at radius 1 is 1.29 bits per heavy atom. The van der Waals surface area contributed by atoms with E-state index in [0.717, 1.165) is 23.5 Å². The molecule has 0 amide bonds. The number of methoxy groups -OCH3 is 1. The van der Waals surface area contributed by atoms with Crippen LogP contribution in [0.5, 0.6) is 5.75 Å². The van der Waals surface area contributed by atoms with Crippen molar-refractivity contribution < 1.29 is 4.74 Å². The van der Waals surface area contributed by atoms with E-state index in [4.69, 9.17) is 10.5 Å². The third-order valence-corrected chi connectivity index (χ3v) is 2.20. The molecule has 0 radical (unpaired) electrons. The normalized spacial score (nSPS) is 10.0. The zero-order chi connectivity index (χ0) is 10.6. The molecule has 0 aliphatic carbocycles. The summed E-state index contributed by atoms with van der Waals surface area (Å²) < 4.78 is 5.23. The zero-order valence-corrected chi connectivity index (χ0v) is 9.05. The highest BCUT2D eigenvalue weighted by Gasteiger charge is 2.03. The molecule has 3 heteroatoms. The van der Waals surface area contributed by atoms with E-state index in [1.54, 1.807) is 7.11 Å². The molecule has 1 aromatic carbocycles. The van der Waals surface area contributed by atoms with E-state index in [0.29, 0.717) is 6.54 Å². The standard InChI is InChI=1S/C11H18N2O/c1-8-7-11(14-3)9(2)6-10(8)13-5-4-12/h6-7,13H,4-5,12H2,1-3H3. The van der Waals surface area contributed by atoms with Crippen LogP contribution in [-0.4, -0.2) is 20.2 Å². The SMILES string of the molecule is COc1cc(C)c(NCCN)cc1C. The summed E-state index contributed by atoms with van der Waals surface area (Å²) in [6.07, 6.45) is 0. The van der Waals surface area contributed by atoms with Gasteiger partial charge in [0.1, 0.15) is 5.75 Å². The Bertz CT molecular complexity index is 310.